The van der Waals surface area contributed by atoms with E-state index < -0.39 is 28.3 Å². The normalized spacial score (nSPS) is 10.8. The Bertz CT molecular complexity index is 748. The van der Waals surface area contributed by atoms with Crippen LogP contribution in [0.2, 0.25) is 5.02 Å². The summed E-state index contributed by atoms with van der Waals surface area (Å²) in [5, 5.41) is 4.75. The summed E-state index contributed by atoms with van der Waals surface area (Å²) < 4.78 is 27.7. The van der Waals surface area contributed by atoms with E-state index in [0.29, 0.717) is 6.54 Å². The highest BCUT2D eigenvalue weighted by Gasteiger charge is 2.17. The summed E-state index contributed by atoms with van der Waals surface area (Å²) in [6, 6.07) is 3.59. The molecule has 0 aromatic heterocycles. The molecule has 0 saturated carbocycles. The molecule has 0 unspecified atom stereocenters. The highest BCUT2D eigenvalue weighted by Crippen LogP contribution is 2.21. The van der Waals surface area contributed by atoms with Gasteiger partial charge in [0.25, 0.3) is 5.91 Å². The van der Waals surface area contributed by atoms with E-state index in [1.54, 1.807) is 6.92 Å². The van der Waals surface area contributed by atoms with E-state index in [9.17, 15) is 22.8 Å². The van der Waals surface area contributed by atoms with Crippen molar-refractivity contribution in [3.8, 4) is 0 Å². The second-order valence-corrected chi connectivity index (χ2v) is 7.14. The maximum Gasteiger partial charge on any atom is 0.340 e. The summed E-state index contributed by atoms with van der Waals surface area (Å²) in [7, 11) is -3.52. The van der Waals surface area contributed by atoms with E-state index in [4.69, 9.17) is 16.3 Å². The number of hydrogen-bond acceptors (Lipinski definition) is 6. The molecule has 8 nitrogen and oxygen atoms in total. The number of ether oxygens (including phenoxy) is 1. The molecule has 2 amide bonds. The molecular weight excluding hydrogens is 360 g/mol. The molecule has 132 valence electrons. The van der Waals surface area contributed by atoms with Gasteiger partial charge in [-0.1, -0.05) is 11.6 Å². The molecule has 1 rings (SSSR count). The molecular formula is C14H17ClN2O6S. The van der Waals surface area contributed by atoms with Gasteiger partial charge in [0, 0.05) is 12.8 Å². The number of nitrogens with one attached hydrogen (secondary N) is 2. The fourth-order valence-electron chi connectivity index (χ4n) is 1.59. The van der Waals surface area contributed by atoms with Crippen LogP contribution in [0.4, 0.5) is 0 Å². The van der Waals surface area contributed by atoms with Crippen molar-refractivity contribution in [1.82, 2.24) is 10.6 Å². The molecule has 0 atom stereocenters. The highest BCUT2D eigenvalue weighted by molar-refractivity contribution is 7.90. The fourth-order valence-corrected chi connectivity index (χ4v) is 2.43. The van der Waals surface area contributed by atoms with Crippen molar-refractivity contribution in [2.45, 2.75) is 11.8 Å². The molecule has 0 heterocycles. The van der Waals surface area contributed by atoms with Crippen LogP contribution in [0.5, 0.6) is 0 Å². The lowest BCUT2D eigenvalue weighted by atomic mass is 10.2. The smallest absolute Gasteiger partial charge is 0.340 e. The van der Waals surface area contributed by atoms with Crippen molar-refractivity contribution < 1.29 is 27.5 Å². The van der Waals surface area contributed by atoms with Crippen LogP contribution in [0.3, 0.4) is 0 Å². The van der Waals surface area contributed by atoms with Crippen molar-refractivity contribution >= 4 is 39.2 Å². The Morgan fingerprint density at radius 2 is 1.83 bits per heavy atom. The monoisotopic (exact) mass is 376 g/mol. The van der Waals surface area contributed by atoms with Crippen LogP contribution in [0.15, 0.2) is 23.1 Å². The maximum atomic E-state index is 11.9. The van der Waals surface area contributed by atoms with E-state index in [2.05, 4.69) is 10.6 Å². The number of carbonyl (C=O) groups excluding carboxylic acids is 3. The summed E-state index contributed by atoms with van der Waals surface area (Å²) in [5.41, 5.74) is -0.170. The van der Waals surface area contributed by atoms with Gasteiger partial charge >= 0.3 is 5.97 Å². The van der Waals surface area contributed by atoms with Gasteiger partial charge in [0.1, 0.15) is 0 Å². The molecule has 0 saturated heterocycles. The Morgan fingerprint density at radius 1 is 1.17 bits per heavy atom. The first kappa shape index (κ1) is 19.9. The largest absolute Gasteiger partial charge is 0.452 e. The molecule has 0 bridgehead atoms. The van der Waals surface area contributed by atoms with E-state index >= 15 is 0 Å². The lowest BCUT2D eigenvalue weighted by Crippen LogP contribution is -2.38. The Balaban J connectivity index is 2.66. The van der Waals surface area contributed by atoms with Crippen molar-refractivity contribution in [2.24, 2.45) is 0 Å². The first-order valence-electron chi connectivity index (χ1n) is 6.85. The standard InChI is InChI=1S/C14H17ClN2O6S/c1-3-16-12(18)7-17-13(19)8-23-14(20)10-6-9(24(2,21)22)4-5-11(10)15/h4-6H,3,7-8H2,1-2H3,(H,16,18)(H,17,19). The third kappa shape index (κ3) is 6.17. The summed E-state index contributed by atoms with van der Waals surface area (Å²) in [5.74, 6) is -2.00. The van der Waals surface area contributed by atoms with E-state index in [1.807, 2.05) is 0 Å². The van der Waals surface area contributed by atoms with Crippen LogP contribution >= 0.6 is 11.6 Å². The van der Waals surface area contributed by atoms with E-state index in [0.717, 1.165) is 12.3 Å². The second-order valence-electron chi connectivity index (χ2n) is 4.72. The highest BCUT2D eigenvalue weighted by atomic mass is 35.5. The summed E-state index contributed by atoms with van der Waals surface area (Å²) in [4.78, 5) is 34.5. The number of sulfone groups is 1. The zero-order chi connectivity index (χ0) is 18.3. The Labute approximate surface area is 144 Å². The number of esters is 1. The van der Waals surface area contributed by atoms with Crippen molar-refractivity contribution in [3.63, 3.8) is 0 Å². The third-order valence-electron chi connectivity index (χ3n) is 2.74. The number of likely N-dealkylation sites (N-methyl/N-ethyl adjacent to an activating group) is 1. The molecule has 2 N–H and O–H groups in total. The molecule has 10 heteroatoms. The molecule has 0 fully saturated rings. The van der Waals surface area contributed by atoms with Gasteiger partial charge in [-0.2, -0.15) is 0 Å². The molecule has 0 spiro atoms. The predicted octanol–water partition coefficient (Wildman–Crippen LogP) is 0.153. The minimum Gasteiger partial charge on any atom is -0.452 e. The van der Waals surface area contributed by atoms with E-state index in [1.165, 1.54) is 12.1 Å². The zero-order valence-electron chi connectivity index (χ0n) is 13.1. The maximum absolute atomic E-state index is 11.9. The molecule has 1 aromatic carbocycles. The Morgan fingerprint density at radius 3 is 2.42 bits per heavy atom. The van der Waals surface area contributed by atoms with Crippen LogP contribution in [0, 0.1) is 0 Å². The van der Waals surface area contributed by atoms with Crippen LogP contribution < -0.4 is 10.6 Å². The van der Waals surface area contributed by atoms with Crippen molar-refractivity contribution in [3.05, 3.63) is 28.8 Å². The Hall–Kier alpha value is -2.13. The van der Waals surface area contributed by atoms with Gasteiger partial charge in [-0.15, -0.1) is 0 Å². The molecule has 1 aromatic rings. The molecule has 0 aliphatic heterocycles. The average molecular weight is 377 g/mol. The summed E-state index contributed by atoms with van der Waals surface area (Å²) in [6.07, 6.45) is 0.986. The fraction of sp³-hybridized carbons (Fsp3) is 0.357. The predicted molar refractivity (Wildman–Crippen MR) is 86.5 cm³/mol. The van der Waals surface area contributed by atoms with Gasteiger partial charge in [0.15, 0.2) is 16.4 Å². The first-order valence-corrected chi connectivity index (χ1v) is 9.12. The SMILES string of the molecule is CCNC(=O)CNC(=O)COC(=O)c1cc(S(C)(=O)=O)ccc1Cl. The molecule has 0 radical (unpaired) electrons. The minimum absolute atomic E-state index is 0.00451. The first-order chi connectivity index (χ1) is 11.1. The number of amides is 2. The van der Waals surface area contributed by atoms with Crippen molar-refractivity contribution in [1.29, 1.82) is 0 Å². The average Bonchev–Trinajstić information content (AvgIpc) is 2.50. The van der Waals surface area contributed by atoms with Gasteiger partial charge in [0.2, 0.25) is 5.91 Å². The van der Waals surface area contributed by atoms with E-state index in [-0.39, 0.29) is 27.9 Å². The van der Waals surface area contributed by atoms with Gasteiger partial charge in [0.05, 0.1) is 22.0 Å². The van der Waals surface area contributed by atoms with Crippen LogP contribution in [0.1, 0.15) is 17.3 Å². The lowest BCUT2D eigenvalue weighted by Gasteiger charge is -2.08. The van der Waals surface area contributed by atoms with Crippen LogP contribution in [-0.2, 0) is 24.2 Å². The van der Waals surface area contributed by atoms with Gasteiger partial charge in [-0.05, 0) is 25.1 Å². The van der Waals surface area contributed by atoms with Crippen molar-refractivity contribution in [2.75, 3.05) is 26.0 Å². The summed E-state index contributed by atoms with van der Waals surface area (Å²) >= 11 is 5.84. The Kier molecular flexibility index (Phi) is 7.18. The zero-order valence-corrected chi connectivity index (χ0v) is 14.7. The van der Waals surface area contributed by atoms with Crippen LogP contribution in [0.25, 0.3) is 0 Å². The third-order valence-corrected chi connectivity index (χ3v) is 4.18. The van der Waals surface area contributed by atoms with Gasteiger partial charge in [-0.3, -0.25) is 9.59 Å². The number of hydrogen-bond donors (Lipinski definition) is 2. The second kappa shape index (κ2) is 8.65. The molecule has 24 heavy (non-hydrogen) atoms. The topological polar surface area (TPSA) is 119 Å². The quantitative estimate of drug-likeness (QED) is 0.654. The minimum atomic E-state index is -3.52. The van der Waals surface area contributed by atoms with Crippen LogP contribution in [-0.4, -0.2) is 52.2 Å². The van der Waals surface area contributed by atoms with Gasteiger partial charge in [-0.25, -0.2) is 13.2 Å². The lowest BCUT2D eigenvalue weighted by molar-refractivity contribution is -0.127. The number of rotatable bonds is 7. The summed E-state index contributed by atoms with van der Waals surface area (Å²) in [6.45, 7) is 1.29. The number of benzene rings is 1. The number of carbonyl (C=O) groups is 3. The molecule has 0 aliphatic carbocycles. The number of halogens is 1. The molecule has 0 aliphatic rings. The van der Waals surface area contributed by atoms with Gasteiger partial charge < -0.3 is 15.4 Å².